The maximum atomic E-state index is 11.9. The SMILES string of the molecule is N[C@](CCCF)(CC1CC1)C(=O)O. The summed E-state index contributed by atoms with van der Waals surface area (Å²) in [5, 5.41) is 8.89. The second kappa shape index (κ2) is 4.05. The first-order valence-corrected chi connectivity index (χ1v) is 4.67. The molecule has 0 spiro atoms. The highest BCUT2D eigenvalue weighted by Crippen LogP contribution is 2.37. The lowest BCUT2D eigenvalue weighted by Gasteiger charge is -2.23. The van der Waals surface area contributed by atoms with Gasteiger partial charge >= 0.3 is 5.97 Å². The van der Waals surface area contributed by atoms with Crippen LogP contribution in [0.1, 0.15) is 32.1 Å². The van der Waals surface area contributed by atoms with Crippen LogP contribution in [0.2, 0.25) is 0 Å². The van der Waals surface area contributed by atoms with Crippen LogP contribution in [0.15, 0.2) is 0 Å². The molecule has 0 radical (unpaired) electrons. The predicted molar refractivity (Wildman–Crippen MR) is 47.1 cm³/mol. The first-order chi connectivity index (χ1) is 6.08. The third kappa shape index (κ3) is 2.95. The fraction of sp³-hybridized carbons (Fsp3) is 0.889. The normalized spacial score (nSPS) is 21.1. The van der Waals surface area contributed by atoms with E-state index < -0.39 is 18.2 Å². The molecule has 0 amide bonds. The summed E-state index contributed by atoms with van der Waals surface area (Å²) in [6.07, 6.45) is 3.14. The lowest BCUT2D eigenvalue weighted by Crippen LogP contribution is -2.48. The molecule has 1 atom stereocenters. The molecule has 0 aromatic heterocycles. The van der Waals surface area contributed by atoms with E-state index in [0.29, 0.717) is 12.3 Å². The van der Waals surface area contributed by atoms with Gasteiger partial charge < -0.3 is 10.8 Å². The zero-order chi connectivity index (χ0) is 9.90. The zero-order valence-electron chi connectivity index (χ0n) is 7.63. The Hall–Kier alpha value is -0.640. The van der Waals surface area contributed by atoms with Gasteiger partial charge in [0.15, 0.2) is 0 Å². The summed E-state index contributed by atoms with van der Waals surface area (Å²) < 4.78 is 11.9. The summed E-state index contributed by atoms with van der Waals surface area (Å²) in [5.74, 6) is -0.534. The van der Waals surface area contributed by atoms with Gasteiger partial charge in [0.25, 0.3) is 0 Å². The first kappa shape index (κ1) is 10.4. The van der Waals surface area contributed by atoms with Crippen molar-refractivity contribution >= 4 is 5.97 Å². The number of hydrogen-bond donors (Lipinski definition) is 2. The molecule has 0 aromatic carbocycles. The molecule has 4 heteroatoms. The molecule has 1 rings (SSSR count). The monoisotopic (exact) mass is 189 g/mol. The van der Waals surface area contributed by atoms with E-state index in [1.54, 1.807) is 0 Å². The third-order valence-electron chi connectivity index (χ3n) is 2.53. The predicted octanol–water partition coefficient (Wildman–Crippen LogP) is 1.32. The third-order valence-corrected chi connectivity index (χ3v) is 2.53. The Morgan fingerprint density at radius 3 is 2.62 bits per heavy atom. The minimum absolute atomic E-state index is 0.245. The largest absolute Gasteiger partial charge is 0.480 e. The summed E-state index contributed by atoms with van der Waals surface area (Å²) in [7, 11) is 0. The van der Waals surface area contributed by atoms with Crippen LogP contribution in [-0.2, 0) is 4.79 Å². The average molecular weight is 189 g/mol. The number of carboxylic acid groups (broad SMARTS) is 1. The molecule has 1 aliphatic rings. The molecule has 0 aliphatic heterocycles. The van der Waals surface area contributed by atoms with Gasteiger partial charge in [0.05, 0.1) is 6.67 Å². The number of carbonyl (C=O) groups is 1. The van der Waals surface area contributed by atoms with E-state index >= 15 is 0 Å². The lowest BCUT2D eigenvalue weighted by molar-refractivity contribution is -0.144. The van der Waals surface area contributed by atoms with Gasteiger partial charge in [0, 0.05) is 0 Å². The number of halogens is 1. The Kier molecular flexibility index (Phi) is 3.25. The summed E-state index contributed by atoms with van der Waals surface area (Å²) >= 11 is 0. The number of alkyl halides is 1. The topological polar surface area (TPSA) is 63.3 Å². The molecule has 3 N–H and O–H groups in total. The number of hydrogen-bond acceptors (Lipinski definition) is 2. The van der Waals surface area contributed by atoms with E-state index in [9.17, 15) is 9.18 Å². The Morgan fingerprint density at radius 1 is 1.62 bits per heavy atom. The van der Waals surface area contributed by atoms with E-state index in [1.165, 1.54) is 0 Å². The lowest BCUT2D eigenvalue weighted by atomic mass is 9.89. The zero-order valence-corrected chi connectivity index (χ0v) is 7.63. The Morgan fingerprint density at radius 2 is 2.23 bits per heavy atom. The molecule has 3 nitrogen and oxygen atoms in total. The maximum Gasteiger partial charge on any atom is 0.323 e. The second-order valence-electron chi connectivity index (χ2n) is 3.90. The minimum Gasteiger partial charge on any atom is -0.480 e. The van der Waals surface area contributed by atoms with Crippen molar-refractivity contribution in [2.45, 2.75) is 37.6 Å². The van der Waals surface area contributed by atoms with Crippen LogP contribution < -0.4 is 5.73 Å². The van der Waals surface area contributed by atoms with Crippen molar-refractivity contribution in [2.75, 3.05) is 6.67 Å². The first-order valence-electron chi connectivity index (χ1n) is 4.67. The summed E-state index contributed by atoms with van der Waals surface area (Å²) in [6.45, 7) is -0.489. The number of carboxylic acids is 1. The molecular formula is C9H16FNO2. The Labute approximate surface area is 77.1 Å². The average Bonchev–Trinajstić information content (AvgIpc) is 2.84. The van der Waals surface area contributed by atoms with Gasteiger partial charge in [0.2, 0.25) is 0 Å². The minimum atomic E-state index is -1.19. The smallest absolute Gasteiger partial charge is 0.323 e. The van der Waals surface area contributed by atoms with E-state index in [4.69, 9.17) is 10.8 Å². The molecule has 1 aliphatic carbocycles. The van der Waals surface area contributed by atoms with E-state index in [-0.39, 0.29) is 12.8 Å². The molecule has 0 unspecified atom stereocenters. The number of rotatable bonds is 6. The van der Waals surface area contributed by atoms with Crippen molar-refractivity contribution in [3.63, 3.8) is 0 Å². The van der Waals surface area contributed by atoms with Crippen molar-refractivity contribution in [1.29, 1.82) is 0 Å². The van der Waals surface area contributed by atoms with Crippen molar-refractivity contribution in [2.24, 2.45) is 11.7 Å². The van der Waals surface area contributed by atoms with E-state index in [0.717, 1.165) is 12.8 Å². The van der Waals surface area contributed by atoms with Crippen LogP contribution in [0.4, 0.5) is 4.39 Å². The standard InChI is InChI=1S/C9H16FNO2/c10-5-1-4-9(11,8(12)13)6-7-2-3-7/h7H,1-6,11H2,(H,12,13)/t9-/m1/s1. The van der Waals surface area contributed by atoms with Gasteiger partial charge in [-0.1, -0.05) is 12.8 Å². The second-order valence-corrected chi connectivity index (χ2v) is 3.90. The quantitative estimate of drug-likeness (QED) is 0.662. The van der Waals surface area contributed by atoms with Crippen LogP contribution >= 0.6 is 0 Å². The van der Waals surface area contributed by atoms with Crippen LogP contribution in [0.5, 0.6) is 0 Å². The number of aliphatic carboxylic acids is 1. The molecule has 1 fully saturated rings. The molecule has 13 heavy (non-hydrogen) atoms. The van der Waals surface area contributed by atoms with Gasteiger partial charge in [0.1, 0.15) is 5.54 Å². The van der Waals surface area contributed by atoms with Crippen LogP contribution in [0.3, 0.4) is 0 Å². The summed E-state index contributed by atoms with van der Waals surface area (Å²) in [4.78, 5) is 10.8. The molecule has 0 aromatic rings. The van der Waals surface area contributed by atoms with Gasteiger partial charge in [-0.3, -0.25) is 9.18 Å². The molecule has 0 heterocycles. The van der Waals surface area contributed by atoms with Crippen molar-refractivity contribution in [1.82, 2.24) is 0 Å². The highest BCUT2D eigenvalue weighted by molar-refractivity contribution is 5.78. The van der Waals surface area contributed by atoms with Crippen molar-refractivity contribution in [3.8, 4) is 0 Å². The van der Waals surface area contributed by atoms with Crippen LogP contribution in [0.25, 0.3) is 0 Å². The summed E-state index contributed by atoms with van der Waals surface area (Å²) in [6, 6.07) is 0. The molecular weight excluding hydrogens is 173 g/mol. The maximum absolute atomic E-state index is 11.9. The van der Waals surface area contributed by atoms with Crippen molar-refractivity contribution < 1.29 is 14.3 Å². The van der Waals surface area contributed by atoms with E-state index in [1.807, 2.05) is 0 Å². The molecule has 0 saturated heterocycles. The van der Waals surface area contributed by atoms with Gasteiger partial charge in [-0.05, 0) is 25.2 Å². The molecule has 76 valence electrons. The fourth-order valence-corrected chi connectivity index (χ4v) is 1.52. The Balaban J connectivity index is 2.45. The molecule has 0 bridgehead atoms. The van der Waals surface area contributed by atoms with Gasteiger partial charge in [-0.2, -0.15) is 0 Å². The number of nitrogens with two attached hydrogens (primary N) is 1. The summed E-state index contributed by atoms with van der Waals surface area (Å²) in [5.41, 5.74) is 4.51. The van der Waals surface area contributed by atoms with Gasteiger partial charge in [-0.15, -0.1) is 0 Å². The highest BCUT2D eigenvalue weighted by atomic mass is 19.1. The van der Waals surface area contributed by atoms with E-state index in [2.05, 4.69) is 0 Å². The van der Waals surface area contributed by atoms with Gasteiger partial charge in [-0.25, -0.2) is 0 Å². The molecule has 1 saturated carbocycles. The fourth-order valence-electron chi connectivity index (χ4n) is 1.52. The van der Waals surface area contributed by atoms with Crippen molar-refractivity contribution in [3.05, 3.63) is 0 Å². The van der Waals surface area contributed by atoms with Crippen LogP contribution in [0, 0.1) is 5.92 Å². The highest BCUT2D eigenvalue weighted by Gasteiger charge is 2.39. The van der Waals surface area contributed by atoms with Crippen LogP contribution in [-0.4, -0.2) is 23.3 Å². The Bertz CT molecular complexity index is 194.